The highest BCUT2D eigenvalue weighted by Gasteiger charge is 2.15. The number of aromatic nitrogens is 1. The van der Waals surface area contributed by atoms with Crippen LogP contribution in [0.3, 0.4) is 0 Å². The maximum absolute atomic E-state index is 12.3. The van der Waals surface area contributed by atoms with E-state index < -0.39 is 0 Å². The second-order valence-electron chi connectivity index (χ2n) is 7.02. The van der Waals surface area contributed by atoms with Crippen molar-refractivity contribution in [3.63, 3.8) is 0 Å². The summed E-state index contributed by atoms with van der Waals surface area (Å²) in [5, 5.41) is 3.38. The Morgan fingerprint density at radius 1 is 1.13 bits per heavy atom. The molecule has 2 aromatic carbocycles. The van der Waals surface area contributed by atoms with E-state index in [-0.39, 0.29) is 18.2 Å². The summed E-state index contributed by atoms with van der Waals surface area (Å²) in [6, 6.07) is 12.4. The third kappa shape index (κ3) is 5.43. The molecule has 0 radical (unpaired) electrons. The van der Waals surface area contributed by atoms with Crippen molar-refractivity contribution < 1.29 is 14.3 Å². The second kappa shape index (κ2) is 9.83. The highest BCUT2D eigenvalue weighted by atomic mass is 35.5. The Kier molecular flexibility index (Phi) is 7.19. The van der Waals surface area contributed by atoms with Crippen LogP contribution in [0, 0.1) is 0 Å². The number of benzene rings is 2. The predicted octanol–water partition coefficient (Wildman–Crippen LogP) is 6.49. The minimum atomic E-state index is -0.194. The Labute approximate surface area is 185 Å². The number of hydrogen-bond donors (Lipinski definition) is 1. The van der Waals surface area contributed by atoms with Crippen molar-refractivity contribution in [3.05, 3.63) is 76.0 Å². The number of nitrogens with zero attached hydrogens (tertiary/aromatic N) is 1. The molecule has 0 fully saturated rings. The molecule has 3 rings (SSSR count). The Bertz CT molecular complexity index is 1020. The average molecular weight is 445 g/mol. The van der Waals surface area contributed by atoms with Crippen LogP contribution in [0.2, 0.25) is 10.0 Å². The molecule has 0 saturated carbocycles. The van der Waals surface area contributed by atoms with E-state index in [1.165, 1.54) is 0 Å². The van der Waals surface area contributed by atoms with Gasteiger partial charge in [-0.1, -0.05) is 43.1 Å². The van der Waals surface area contributed by atoms with E-state index in [2.05, 4.69) is 24.1 Å². The summed E-state index contributed by atoms with van der Waals surface area (Å²) in [6.45, 7) is 4.15. The van der Waals surface area contributed by atoms with Crippen LogP contribution in [-0.2, 0) is 11.2 Å². The molecule has 30 heavy (non-hydrogen) atoms. The van der Waals surface area contributed by atoms with Crippen LogP contribution in [-0.4, -0.2) is 18.0 Å². The third-order valence-electron chi connectivity index (χ3n) is 4.41. The summed E-state index contributed by atoms with van der Waals surface area (Å²) in [5.41, 5.74) is 2.32. The van der Waals surface area contributed by atoms with E-state index in [1.54, 1.807) is 43.8 Å². The van der Waals surface area contributed by atoms with Crippen LogP contribution in [0.5, 0.6) is 17.2 Å². The largest absolute Gasteiger partial charge is 0.496 e. The maximum Gasteiger partial charge on any atom is 0.228 e. The van der Waals surface area contributed by atoms with Crippen LogP contribution < -0.4 is 14.8 Å². The number of carbonyl (C=O) groups is 1. The number of hydrogen-bond acceptors (Lipinski definition) is 4. The van der Waals surface area contributed by atoms with Gasteiger partial charge in [0.25, 0.3) is 0 Å². The minimum absolute atomic E-state index is 0.194. The summed E-state index contributed by atoms with van der Waals surface area (Å²) >= 11 is 12.8. The van der Waals surface area contributed by atoms with Crippen LogP contribution in [0.4, 0.5) is 5.69 Å². The van der Waals surface area contributed by atoms with Gasteiger partial charge in [0.15, 0.2) is 5.75 Å². The van der Waals surface area contributed by atoms with Crippen molar-refractivity contribution in [1.82, 2.24) is 4.98 Å². The van der Waals surface area contributed by atoms with Crippen molar-refractivity contribution in [2.24, 2.45) is 0 Å². The molecular formula is C23H22Cl2N2O3. The summed E-state index contributed by atoms with van der Waals surface area (Å²) in [5.74, 6) is 1.77. The first-order valence-electron chi connectivity index (χ1n) is 9.41. The molecule has 0 aliphatic heterocycles. The zero-order valence-electron chi connectivity index (χ0n) is 16.9. The monoisotopic (exact) mass is 444 g/mol. The molecule has 1 N–H and O–H groups in total. The lowest BCUT2D eigenvalue weighted by molar-refractivity contribution is -0.115. The van der Waals surface area contributed by atoms with E-state index in [0.717, 1.165) is 16.9 Å². The highest BCUT2D eigenvalue weighted by Crippen LogP contribution is 2.40. The number of carbonyl (C=O) groups excluding carboxylic acids is 1. The van der Waals surface area contributed by atoms with Crippen molar-refractivity contribution in [3.8, 4) is 17.2 Å². The third-order valence-corrected chi connectivity index (χ3v) is 4.97. The molecule has 0 bridgehead atoms. The van der Waals surface area contributed by atoms with Crippen molar-refractivity contribution in [1.29, 1.82) is 0 Å². The van der Waals surface area contributed by atoms with Crippen molar-refractivity contribution in [2.75, 3.05) is 12.4 Å². The quantitative estimate of drug-likeness (QED) is 0.451. The molecule has 0 atom stereocenters. The molecule has 0 spiro atoms. The van der Waals surface area contributed by atoms with Gasteiger partial charge >= 0.3 is 0 Å². The molecule has 0 aliphatic rings. The number of amides is 1. The Morgan fingerprint density at radius 2 is 1.87 bits per heavy atom. The van der Waals surface area contributed by atoms with Crippen LogP contribution in [0.1, 0.15) is 30.9 Å². The Balaban J connectivity index is 1.76. The lowest BCUT2D eigenvalue weighted by Gasteiger charge is -2.16. The molecule has 3 aromatic rings. The maximum atomic E-state index is 12.3. The molecule has 0 unspecified atom stereocenters. The smallest absolute Gasteiger partial charge is 0.228 e. The number of methoxy groups -OCH3 is 1. The number of rotatable bonds is 7. The normalized spacial score (nSPS) is 10.7. The first kappa shape index (κ1) is 21.9. The molecule has 1 aromatic heterocycles. The molecule has 5 nitrogen and oxygen atoms in total. The van der Waals surface area contributed by atoms with Gasteiger partial charge in [0.05, 0.1) is 23.6 Å². The lowest BCUT2D eigenvalue weighted by Crippen LogP contribution is -2.14. The second-order valence-corrected chi connectivity index (χ2v) is 7.83. The van der Waals surface area contributed by atoms with E-state index in [9.17, 15) is 4.79 Å². The topological polar surface area (TPSA) is 60.5 Å². The zero-order valence-corrected chi connectivity index (χ0v) is 18.4. The molecule has 1 amide bonds. The van der Waals surface area contributed by atoms with Crippen LogP contribution in [0.25, 0.3) is 0 Å². The van der Waals surface area contributed by atoms with Gasteiger partial charge in [-0.25, -0.2) is 0 Å². The molecule has 0 saturated heterocycles. The van der Waals surface area contributed by atoms with E-state index in [0.29, 0.717) is 27.2 Å². The van der Waals surface area contributed by atoms with E-state index >= 15 is 0 Å². The van der Waals surface area contributed by atoms with Gasteiger partial charge in [0.1, 0.15) is 11.5 Å². The first-order chi connectivity index (χ1) is 14.4. The molecule has 1 heterocycles. The number of nitrogens with one attached hydrogen (secondary N) is 1. The number of halogens is 2. The van der Waals surface area contributed by atoms with E-state index in [1.807, 2.05) is 18.2 Å². The van der Waals surface area contributed by atoms with Gasteiger partial charge in [-0.2, -0.15) is 0 Å². The fraction of sp³-hybridized carbons (Fsp3) is 0.217. The fourth-order valence-corrected chi connectivity index (χ4v) is 3.53. The molecule has 0 aliphatic carbocycles. The SMILES string of the molecule is COc1ccc(Oc2c(Cl)cc(NC(=O)Cc3cccnc3)cc2Cl)cc1C(C)C. The van der Waals surface area contributed by atoms with Gasteiger partial charge in [-0.3, -0.25) is 9.78 Å². The van der Waals surface area contributed by atoms with Gasteiger partial charge in [-0.15, -0.1) is 0 Å². The Morgan fingerprint density at radius 3 is 2.47 bits per heavy atom. The minimum Gasteiger partial charge on any atom is -0.496 e. The zero-order chi connectivity index (χ0) is 21.7. The number of pyridine rings is 1. The van der Waals surface area contributed by atoms with Crippen molar-refractivity contribution in [2.45, 2.75) is 26.2 Å². The summed E-state index contributed by atoms with van der Waals surface area (Å²) < 4.78 is 11.3. The summed E-state index contributed by atoms with van der Waals surface area (Å²) in [6.07, 6.45) is 3.51. The van der Waals surface area contributed by atoms with Gasteiger partial charge in [0, 0.05) is 23.6 Å². The van der Waals surface area contributed by atoms with Crippen molar-refractivity contribution >= 4 is 34.8 Å². The van der Waals surface area contributed by atoms with E-state index in [4.69, 9.17) is 32.7 Å². The number of ether oxygens (including phenoxy) is 2. The highest BCUT2D eigenvalue weighted by molar-refractivity contribution is 6.37. The molecule has 156 valence electrons. The van der Waals surface area contributed by atoms with Gasteiger partial charge in [0.2, 0.25) is 5.91 Å². The average Bonchev–Trinajstić information content (AvgIpc) is 2.71. The van der Waals surface area contributed by atoms with Crippen LogP contribution in [0.15, 0.2) is 54.9 Å². The molecular weight excluding hydrogens is 423 g/mol. The Hall–Kier alpha value is -2.76. The van der Waals surface area contributed by atoms with Crippen LogP contribution >= 0.6 is 23.2 Å². The summed E-state index contributed by atoms with van der Waals surface area (Å²) in [7, 11) is 1.64. The van der Waals surface area contributed by atoms with Gasteiger partial charge in [-0.05, 0) is 47.9 Å². The van der Waals surface area contributed by atoms with Gasteiger partial charge < -0.3 is 14.8 Å². The number of anilines is 1. The molecule has 7 heteroatoms. The lowest BCUT2D eigenvalue weighted by atomic mass is 10.0. The summed E-state index contributed by atoms with van der Waals surface area (Å²) in [4.78, 5) is 16.3. The standard InChI is InChI=1S/C23H22Cl2N2O3/c1-14(2)18-12-17(6-7-21(18)29-3)30-23-19(24)10-16(11-20(23)25)27-22(28)9-15-5-4-8-26-13-15/h4-8,10-14H,9H2,1-3H3,(H,27,28). The fourth-order valence-electron chi connectivity index (χ4n) is 2.97. The first-order valence-corrected chi connectivity index (χ1v) is 10.2. The predicted molar refractivity (Wildman–Crippen MR) is 120 cm³/mol.